The molecule has 0 rings (SSSR count). The third-order valence-electron chi connectivity index (χ3n) is 1.04. The van der Waals surface area contributed by atoms with Crippen LogP contribution in [0.5, 0.6) is 0 Å². The minimum absolute atomic E-state index is 0. The zero-order valence-electron chi connectivity index (χ0n) is 7.59. The van der Waals surface area contributed by atoms with E-state index in [9.17, 15) is 28.7 Å². The minimum atomic E-state index is -5.82. The Hall–Kier alpha value is 4.05. The van der Waals surface area contributed by atoms with Crippen LogP contribution in [0.25, 0.3) is 0 Å². The van der Waals surface area contributed by atoms with Crippen molar-refractivity contribution in [2.24, 2.45) is 0 Å². The van der Waals surface area contributed by atoms with Crippen LogP contribution in [0.4, 0.5) is 0 Å². The fourth-order valence-electron chi connectivity index (χ4n) is 0.150. The molecule has 0 aromatic heterocycles. The molecule has 0 saturated heterocycles. The first-order valence-electron chi connectivity index (χ1n) is 2.27. The number of aliphatic hydroxyl groups is 1. The second kappa shape index (κ2) is 9.04. The maximum atomic E-state index is 9.95. The minimum Gasteiger partial charge on any atom is -0.808 e. The van der Waals surface area contributed by atoms with Crippen LogP contribution >= 0.6 is 15.2 Å². The van der Waals surface area contributed by atoms with Gasteiger partial charge in [-0.05, 0) is 22.1 Å². The average molecular weight is 344 g/mol. The second-order valence-electron chi connectivity index (χ2n) is 1.97. The molecule has 0 aromatic rings. The second-order valence-corrected chi connectivity index (χ2v) is 6.05. The monoisotopic (exact) mass is 343 g/mol. The van der Waals surface area contributed by atoms with Gasteiger partial charge >= 0.3 is 120 Å². The molecule has 0 aromatic carbocycles. The predicted molar refractivity (Wildman–Crippen MR) is 25.8 cm³/mol. The van der Waals surface area contributed by atoms with Gasteiger partial charge in [0.15, 0.2) is 0 Å². The quantitative estimate of drug-likeness (QED) is 0.387. The van der Waals surface area contributed by atoms with Gasteiger partial charge in [-0.3, -0.25) is 0 Å². The normalized spacial score (nSPS) is 11.9. The van der Waals surface area contributed by atoms with E-state index in [0.29, 0.717) is 0 Å². The topological polar surface area (TPSA) is 147 Å². The number of hydrogen-bond acceptors (Lipinski definition) is 7. The van der Waals surface area contributed by atoms with Crippen molar-refractivity contribution in [2.45, 2.75) is 12.0 Å². The van der Waals surface area contributed by atoms with Crippen LogP contribution in [-0.4, -0.2) is 10.2 Å². The van der Waals surface area contributed by atoms with Crippen LogP contribution in [0.2, 0.25) is 0 Å². The Morgan fingerprint density at radius 3 is 1.14 bits per heavy atom. The van der Waals surface area contributed by atoms with Crippen molar-refractivity contribution in [2.75, 3.05) is 0 Å². The maximum Gasteiger partial charge on any atom is 1.00 e. The zero-order valence-corrected chi connectivity index (χ0v) is 16.6. The van der Waals surface area contributed by atoms with Gasteiger partial charge in [-0.15, -0.1) is 0 Å². The molecule has 0 atom stereocenters. The van der Waals surface area contributed by atoms with E-state index in [-0.39, 0.29) is 127 Å². The fraction of sp³-hybridized carbons (Fsp3) is 1.00. The molecule has 0 aliphatic rings. The Morgan fingerprint density at radius 1 is 1.00 bits per heavy atom. The summed E-state index contributed by atoms with van der Waals surface area (Å²) >= 11 is 0. The molecule has 0 aliphatic heterocycles. The molecule has 0 unspecified atom stereocenters. The number of rotatable bonds is 2. The molecule has 0 radical (unpaired) electrons. The van der Waals surface area contributed by atoms with Gasteiger partial charge in [0.1, 0.15) is 5.08 Å². The van der Waals surface area contributed by atoms with Gasteiger partial charge in [-0.1, -0.05) is 0 Å². The van der Waals surface area contributed by atoms with Crippen LogP contribution in [-0.2, 0) is 26.2 Å². The van der Waals surface area contributed by atoms with Gasteiger partial charge in [0.05, 0.1) is 0 Å². The molecule has 7 nitrogen and oxygen atoms in total. The van der Waals surface area contributed by atoms with Crippen LogP contribution in [0, 0.1) is 0 Å². The summed E-state index contributed by atoms with van der Waals surface area (Å²) in [5.41, 5.74) is 0. The molecule has 12 heteroatoms. The molecule has 0 saturated carbocycles. The zero-order chi connectivity index (χ0) is 9.50. The Bertz CT molecular complexity index is 220. The van der Waals surface area contributed by atoms with Crippen molar-refractivity contribution in [1.82, 2.24) is 0 Å². The van der Waals surface area contributed by atoms with Crippen molar-refractivity contribution < 1.29 is 154 Å². The SMILES string of the molecule is CC(O)(P(=O)([O-])[O-])P(=O)([O-])[O-].[Cu+].[K+].[K+]. The molecule has 0 bridgehead atoms. The summed E-state index contributed by atoms with van der Waals surface area (Å²) in [6, 6.07) is 0. The van der Waals surface area contributed by atoms with Crippen LogP contribution in [0.15, 0.2) is 0 Å². The Labute approximate surface area is 176 Å². The average Bonchev–Trinajstić information content (AvgIpc) is 1.58. The third-order valence-corrected chi connectivity index (χ3v) is 4.58. The van der Waals surface area contributed by atoms with E-state index in [1.807, 2.05) is 0 Å². The molecule has 14 heavy (non-hydrogen) atoms. The van der Waals surface area contributed by atoms with Gasteiger partial charge in [-0.2, -0.15) is 0 Å². The summed E-state index contributed by atoms with van der Waals surface area (Å²) in [7, 11) is -11.6. The molecular formula is C2H4CuK2O7P2-. The molecule has 1 N–H and O–H groups in total. The third kappa shape index (κ3) is 7.48. The van der Waals surface area contributed by atoms with E-state index in [1.165, 1.54) is 0 Å². The van der Waals surface area contributed by atoms with Gasteiger partial charge in [0.2, 0.25) is 0 Å². The van der Waals surface area contributed by atoms with E-state index in [2.05, 4.69) is 0 Å². The first kappa shape index (κ1) is 26.6. The van der Waals surface area contributed by atoms with E-state index >= 15 is 0 Å². The van der Waals surface area contributed by atoms with Gasteiger partial charge < -0.3 is 33.8 Å². The van der Waals surface area contributed by atoms with Crippen molar-refractivity contribution in [3.63, 3.8) is 0 Å². The number of hydrogen-bond donors (Lipinski definition) is 1. The van der Waals surface area contributed by atoms with Crippen LogP contribution in [0.3, 0.4) is 0 Å². The molecule has 0 amide bonds. The first-order valence-corrected chi connectivity index (χ1v) is 5.35. The summed E-state index contributed by atoms with van der Waals surface area (Å²) in [5, 5.41) is 4.68. The molecule has 0 fully saturated rings. The Balaban J connectivity index is -0.000000167. The summed E-state index contributed by atoms with van der Waals surface area (Å²) in [4.78, 5) is 39.8. The molecule has 0 aliphatic carbocycles. The predicted octanol–water partition coefficient (Wildman–Crippen LogP) is -9.51. The fourth-order valence-corrected chi connectivity index (χ4v) is 1.35. The molecular weight excluding hydrogens is 340 g/mol. The van der Waals surface area contributed by atoms with Crippen molar-refractivity contribution in [3.8, 4) is 0 Å². The van der Waals surface area contributed by atoms with E-state index < -0.39 is 20.3 Å². The van der Waals surface area contributed by atoms with Crippen LogP contribution < -0.4 is 122 Å². The van der Waals surface area contributed by atoms with Gasteiger partial charge in [-0.25, -0.2) is 0 Å². The standard InChI is InChI=1S/C2H8O7P2.Cu.2K/c1-2(3,10(4,5)6)11(7,8)9;;;/h3H,1H3,(H2,4,5,6)(H2,7,8,9);;;/q;3*+1/p-4. The van der Waals surface area contributed by atoms with Gasteiger partial charge in [0.25, 0.3) is 0 Å². The molecule has 78 valence electrons. The van der Waals surface area contributed by atoms with Crippen molar-refractivity contribution >= 4 is 15.2 Å². The molecule has 0 heterocycles. The Kier molecular flexibility index (Phi) is 17.2. The van der Waals surface area contributed by atoms with Gasteiger partial charge in [0, 0.05) is 0 Å². The van der Waals surface area contributed by atoms with E-state index in [0.717, 1.165) is 0 Å². The maximum absolute atomic E-state index is 9.95. The van der Waals surface area contributed by atoms with Crippen LogP contribution in [0.1, 0.15) is 6.92 Å². The smallest absolute Gasteiger partial charge is 0.808 e. The van der Waals surface area contributed by atoms with E-state index in [1.54, 1.807) is 0 Å². The summed E-state index contributed by atoms with van der Waals surface area (Å²) in [5.74, 6) is 0. The first-order chi connectivity index (χ1) is 4.50. The summed E-state index contributed by atoms with van der Waals surface area (Å²) < 4.78 is 19.9. The van der Waals surface area contributed by atoms with Crippen molar-refractivity contribution in [3.05, 3.63) is 0 Å². The molecule has 0 spiro atoms. The summed E-state index contributed by atoms with van der Waals surface area (Å²) in [6.45, 7) is 0.133. The summed E-state index contributed by atoms with van der Waals surface area (Å²) in [6.07, 6.45) is 0. The van der Waals surface area contributed by atoms with E-state index in [4.69, 9.17) is 5.11 Å². The Morgan fingerprint density at radius 2 is 1.14 bits per heavy atom. The van der Waals surface area contributed by atoms with Crippen molar-refractivity contribution in [1.29, 1.82) is 0 Å². The largest absolute Gasteiger partial charge is 1.00 e.